The summed E-state index contributed by atoms with van der Waals surface area (Å²) in [6.45, 7) is 4.13. The minimum absolute atomic E-state index is 0.154. The number of nitrogens with one attached hydrogen (secondary N) is 1. The molecule has 118 valence electrons. The maximum absolute atomic E-state index is 12.4. The van der Waals surface area contributed by atoms with Crippen LogP contribution in [0.4, 0.5) is 0 Å². The number of nitrogens with zero attached hydrogens (tertiary/aromatic N) is 5. The third-order valence-electron chi connectivity index (χ3n) is 3.23. The first kappa shape index (κ1) is 14.9. The lowest BCUT2D eigenvalue weighted by Crippen LogP contribution is -2.24. The summed E-state index contributed by atoms with van der Waals surface area (Å²) in [5.74, 6) is 0.926. The van der Waals surface area contributed by atoms with Crippen molar-refractivity contribution in [3.63, 3.8) is 0 Å². The number of hydrogen-bond donors (Lipinski definition) is 1. The van der Waals surface area contributed by atoms with Crippen LogP contribution < -0.4 is 5.32 Å². The van der Waals surface area contributed by atoms with E-state index in [4.69, 9.17) is 4.52 Å². The summed E-state index contributed by atoms with van der Waals surface area (Å²) in [6.07, 6.45) is 3.08. The lowest BCUT2D eigenvalue weighted by atomic mass is 10.1. The number of aromatic nitrogens is 5. The number of amides is 1. The van der Waals surface area contributed by atoms with Crippen LogP contribution in [0.15, 0.2) is 41.4 Å². The molecule has 0 bridgehead atoms. The quantitative estimate of drug-likeness (QED) is 0.770. The Hall–Kier alpha value is -3.03. The van der Waals surface area contributed by atoms with Gasteiger partial charge in [-0.1, -0.05) is 31.1 Å². The molecule has 0 saturated heterocycles. The Morgan fingerprint density at radius 1 is 1.26 bits per heavy atom. The molecule has 8 heteroatoms. The van der Waals surface area contributed by atoms with Crippen molar-refractivity contribution in [1.29, 1.82) is 0 Å². The van der Waals surface area contributed by atoms with Crippen molar-refractivity contribution in [1.82, 2.24) is 30.2 Å². The van der Waals surface area contributed by atoms with Crippen molar-refractivity contribution < 1.29 is 9.32 Å². The van der Waals surface area contributed by atoms with Gasteiger partial charge in [0.25, 0.3) is 5.91 Å². The van der Waals surface area contributed by atoms with E-state index >= 15 is 0 Å². The number of hydrogen-bond acceptors (Lipinski definition) is 6. The summed E-state index contributed by atoms with van der Waals surface area (Å²) in [5.41, 5.74) is 1.21. The van der Waals surface area contributed by atoms with E-state index in [0.29, 0.717) is 23.0 Å². The normalized spacial score (nSPS) is 10.9. The minimum atomic E-state index is -0.231. The van der Waals surface area contributed by atoms with Crippen LogP contribution in [0, 0.1) is 0 Å². The predicted molar refractivity (Wildman–Crippen MR) is 80.9 cm³/mol. The number of carbonyl (C=O) groups excluding carboxylic acids is 1. The average molecular weight is 312 g/mol. The molecule has 0 fully saturated rings. The first-order valence-corrected chi connectivity index (χ1v) is 7.20. The van der Waals surface area contributed by atoms with Crippen LogP contribution in [-0.2, 0) is 6.54 Å². The predicted octanol–water partition coefficient (Wildman–Crippen LogP) is 1.70. The highest BCUT2D eigenvalue weighted by Gasteiger charge is 2.14. The van der Waals surface area contributed by atoms with E-state index in [1.54, 1.807) is 29.4 Å². The van der Waals surface area contributed by atoms with Gasteiger partial charge in [-0.05, 0) is 12.1 Å². The summed E-state index contributed by atoms with van der Waals surface area (Å²) >= 11 is 0. The van der Waals surface area contributed by atoms with Crippen LogP contribution in [-0.4, -0.2) is 30.8 Å². The van der Waals surface area contributed by atoms with Crippen LogP contribution in [0.25, 0.3) is 5.69 Å². The minimum Gasteiger partial charge on any atom is -0.345 e. The fraction of sp³-hybridized carbons (Fsp3) is 0.267. The van der Waals surface area contributed by atoms with Crippen molar-refractivity contribution in [2.24, 2.45) is 0 Å². The van der Waals surface area contributed by atoms with Crippen molar-refractivity contribution >= 4 is 5.91 Å². The molecule has 1 amide bonds. The maximum Gasteiger partial charge on any atom is 0.253 e. The largest absolute Gasteiger partial charge is 0.345 e. The summed E-state index contributed by atoms with van der Waals surface area (Å²) < 4.78 is 6.79. The van der Waals surface area contributed by atoms with Crippen molar-refractivity contribution in [3.05, 3.63) is 54.2 Å². The highest BCUT2D eigenvalue weighted by Crippen LogP contribution is 2.14. The smallest absolute Gasteiger partial charge is 0.253 e. The van der Waals surface area contributed by atoms with Crippen LogP contribution in [0.1, 0.15) is 41.8 Å². The molecular formula is C15H16N6O2. The van der Waals surface area contributed by atoms with Crippen LogP contribution >= 0.6 is 0 Å². The molecule has 0 aliphatic carbocycles. The Balaban J connectivity index is 1.74. The molecule has 1 aromatic carbocycles. The topological polar surface area (TPSA) is 98.7 Å². The van der Waals surface area contributed by atoms with Gasteiger partial charge in [0.1, 0.15) is 12.7 Å². The molecule has 0 unspecified atom stereocenters. The van der Waals surface area contributed by atoms with E-state index in [-0.39, 0.29) is 18.4 Å². The highest BCUT2D eigenvalue weighted by molar-refractivity contribution is 5.97. The number of benzene rings is 1. The molecule has 23 heavy (non-hydrogen) atoms. The third-order valence-corrected chi connectivity index (χ3v) is 3.23. The highest BCUT2D eigenvalue weighted by atomic mass is 16.5. The van der Waals surface area contributed by atoms with E-state index in [1.807, 2.05) is 26.0 Å². The fourth-order valence-electron chi connectivity index (χ4n) is 2.04. The van der Waals surface area contributed by atoms with Crippen LogP contribution in [0.2, 0.25) is 0 Å². The van der Waals surface area contributed by atoms with Gasteiger partial charge in [-0.2, -0.15) is 4.98 Å². The Kier molecular flexibility index (Phi) is 4.13. The molecule has 0 saturated carbocycles. The Morgan fingerprint density at radius 3 is 2.70 bits per heavy atom. The van der Waals surface area contributed by atoms with Gasteiger partial charge in [-0.25, -0.2) is 0 Å². The lowest BCUT2D eigenvalue weighted by Gasteiger charge is -2.09. The molecule has 2 aromatic heterocycles. The zero-order valence-electron chi connectivity index (χ0n) is 12.8. The van der Waals surface area contributed by atoms with E-state index in [1.165, 1.54) is 0 Å². The molecule has 0 radical (unpaired) electrons. The molecule has 8 nitrogen and oxygen atoms in total. The molecule has 2 heterocycles. The molecular weight excluding hydrogens is 296 g/mol. The Labute approximate surface area is 132 Å². The van der Waals surface area contributed by atoms with E-state index in [9.17, 15) is 4.79 Å². The summed E-state index contributed by atoms with van der Waals surface area (Å²) in [5, 5.41) is 14.2. The summed E-state index contributed by atoms with van der Waals surface area (Å²) in [7, 11) is 0. The van der Waals surface area contributed by atoms with Crippen molar-refractivity contribution in [3.8, 4) is 5.69 Å². The second kappa shape index (κ2) is 6.39. The number of para-hydroxylation sites is 1. The van der Waals surface area contributed by atoms with Crippen molar-refractivity contribution in [2.45, 2.75) is 26.3 Å². The first-order chi connectivity index (χ1) is 11.1. The zero-order valence-corrected chi connectivity index (χ0v) is 12.8. The monoisotopic (exact) mass is 312 g/mol. The van der Waals surface area contributed by atoms with Crippen LogP contribution in [0.3, 0.4) is 0 Å². The van der Waals surface area contributed by atoms with Crippen molar-refractivity contribution in [2.75, 3.05) is 0 Å². The van der Waals surface area contributed by atoms with Gasteiger partial charge in [0, 0.05) is 5.92 Å². The molecule has 0 aliphatic heterocycles. The lowest BCUT2D eigenvalue weighted by molar-refractivity contribution is 0.0949. The molecule has 1 N–H and O–H groups in total. The van der Waals surface area contributed by atoms with E-state index in [0.717, 1.165) is 0 Å². The first-order valence-electron chi connectivity index (χ1n) is 7.20. The van der Waals surface area contributed by atoms with Gasteiger partial charge in [0.05, 0.1) is 17.8 Å². The molecule has 0 atom stereocenters. The molecule has 0 aliphatic rings. The number of rotatable bonds is 5. The second-order valence-electron chi connectivity index (χ2n) is 5.27. The molecule has 3 rings (SSSR count). The second-order valence-corrected chi connectivity index (χ2v) is 5.27. The molecule has 0 spiro atoms. The Morgan fingerprint density at radius 2 is 2.00 bits per heavy atom. The van der Waals surface area contributed by atoms with Gasteiger partial charge in [-0.3, -0.25) is 9.36 Å². The Bertz CT molecular complexity index is 794. The number of carbonyl (C=O) groups is 1. The van der Waals surface area contributed by atoms with Gasteiger partial charge >= 0.3 is 0 Å². The van der Waals surface area contributed by atoms with Gasteiger partial charge < -0.3 is 9.84 Å². The molecule has 3 aromatic rings. The third kappa shape index (κ3) is 3.25. The summed E-state index contributed by atoms with van der Waals surface area (Å²) in [4.78, 5) is 16.7. The zero-order chi connectivity index (χ0) is 16.2. The van der Waals surface area contributed by atoms with Gasteiger partial charge in [0.15, 0.2) is 5.82 Å². The van der Waals surface area contributed by atoms with E-state index in [2.05, 4.69) is 25.7 Å². The summed E-state index contributed by atoms with van der Waals surface area (Å²) in [6, 6.07) is 7.21. The van der Waals surface area contributed by atoms with Gasteiger partial charge in [-0.15, -0.1) is 10.2 Å². The SMILES string of the molecule is CC(C)c1nc(CNC(=O)c2ccccc2-n2cnnc2)no1. The average Bonchev–Trinajstić information content (AvgIpc) is 3.24. The van der Waals surface area contributed by atoms with Crippen LogP contribution in [0.5, 0.6) is 0 Å². The van der Waals surface area contributed by atoms with E-state index < -0.39 is 0 Å². The fourth-order valence-corrected chi connectivity index (χ4v) is 2.04. The standard InChI is InChI=1S/C15H16N6O2/c1-10(2)15-19-13(20-23-15)7-16-14(22)11-5-3-4-6-12(11)21-8-17-18-9-21/h3-6,8-10H,7H2,1-2H3,(H,16,22). The van der Waals surface area contributed by atoms with Gasteiger partial charge in [0.2, 0.25) is 5.89 Å². The maximum atomic E-state index is 12.4.